The molecule has 1 aliphatic carbocycles. The van der Waals surface area contributed by atoms with E-state index in [1.165, 1.54) is 35.3 Å². The first-order chi connectivity index (χ1) is 19.6. The fourth-order valence-electron chi connectivity index (χ4n) is 4.23. The number of fused-ring (bicyclic) bond motifs is 1. The molecule has 0 amide bonds. The van der Waals surface area contributed by atoms with Crippen LogP contribution in [0.2, 0.25) is 10.0 Å². The number of sulfonamides is 1. The highest BCUT2D eigenvalue weighted by atomic mass is 35.5. The Morgan fingerprint density at radius 2 is 1.98 bits per heavy atom. The van der Waals surface area contributed by atoms with Crippen LogP contribution in [0.3, 0.4) is 0 Å². The number of pyridine rings is 1. The Balaban J connectivity index is 1.34. The van der Waals surface area contributed by atoms with Crippen LogP contribution in [0.15, 0.2) is 60.4 Å². The van der Waals surface area contributed by atoms with Gasteiger partial charge in [-0.3, -0.25) is 13.9 Å². The van der Waals surface area contributed by atoms with Crippen molar-refractivity contribution in [3.8, 4) is 17.3 Å². The normalized spacial score (nSPS) is 12.6. The third-order valence-corrected chi connectivity index (χ3v) is 8.13. The Morgan fingerprint density at radius 3 is 2.71 bits per heavy atom. The molecule has 2 heterocycles. The maximum Gasteiger partial charge on any atom is 0.238 e. The second kappa shape index (κ2) is 11.5. The van der Waals surface area contributed by atoms with Gasteiger partial charge < -0.3 is 10.5 Å². The first kappa shape index (κ1) is 28.5. The summed E-state index contributed by atoms with van der Waals surface area (Å²) >= 11 is 12.6. The number of aromatic nitrogens is 3. The van der Waals surface area contributed by atoms with Gasteiger partial charge in [0.15, 0.2) is 5.78 Å². The number of nitrogen functional groups attached to an aromatic ring is 1. The number of nitrogens with two attached hydrogens (primary N) is 1. The Labute approximate surface area is 243 Å². The summed E-state index contributed by atoms with van der Waals surface area (Å²) in [7, 11) is -3.93. The average molecular weight is 620 g/mol. The van der Waals surface area contributed by atoms with Gasteiger partial charge in [0.05, 0.1) is 40.6 Å². The largest absolute Gasteiger partial charge is 0.437 e. The quantitative estimate of drug-likeness (QED) is 0.208. The van der Waals surface area contributed by atoms with Crippen LogP contribution in [0.5, 0.6) is 11.6 Å². The minimum Gasteiger partial charge on any atom is -0.437 e. The van der Waals surface area contributed by atoms with E-state index < -0.39 is 34.1 Å². The van der Waals surface area contributed by atoms with Gasteiger partial charge in [-0.05, 0) is 60.0 Å². The highest BCUT2D eigenvalue weighted by molar-refractivity contribution is 7.92. The monoisotopic (exact) mass is 619 g/mol. The Kier molecular flexibility index (Phi) is 7.98. The molecule has 0 aliphatic heterocycles. The highest BCUT2D eigenvalue weighted by Gasteiger charge is 2.26. The maximum absolute atomic E-state index is 14.6. The van der Waals surface area contributed by atoms with Gasteiger partial charge in [-0.2, -0.15) is 5.10 Å². The predicted octanol–water partition coefficient (Wildman–Crippen LogP) is 6.01. The number of Topliss-reactive ketones (excluding diaryl/α,β-unsaturated/α-hetero) is 1. The summed E-state index contributed by atoms with van der Waals surface area (Å²) in [6.45, 7) is -0.810. The number of carbonyl (C=O) groups is 1. The fourth-order valence-corrected chi connectivity index (χ4v) is 5.72. The molecule has 4 aromatic rings. The smallest absolute Gasteiger partial charge is 0.238 e. The molecule has 1 aliphatic rings. The zero-order chi connectivity index (χ0) is 29.3. The third-order valence-electron chi connectivity index (χ3n) is 6.18. The summed E-state index contributed by atoms with van der Waals surface area (Å²) in [5.41, 5.74) is 7.78. The molecule has 0 unspecified atom stereocenters. The van der Waals surface area contributed by atoms with Gasteiger partial charge >= 0.3 is 0 Å². The zero-order valence-electron chi connectivity index (χ0n) is 21.1. The topological polar surface area (TPSA) is 129 Å². The van der Waals surface area contributed by atoms with E-state index in [0.29, 0.717) is 33.2 Å². The van der Waals surface area contributed by atoms with Gasteiger partial charge in [-0.1, -0.05) is 23.2 Å². The molecule has 0 saturated carbocycles. The summed E-state index contributed by atoms with van der Waals surface area (Å²) in [4.78, 5) is 17.4. The second-order valence-corrected chi connectivity index (χ2v) is 11.7. The number of benzene rings is 2. The lowest BCUT2D eigenvalue weighted by Gasteiger charge is -2.11. The van der Waals surface area contributed by atoms with Crippen LogP contribution in [-0.2, 0) is 16.4 Å². The lowest BCUT2D eigenvalue weighted by Crippen LogP contribution is -2.18. The van der Waals surface area contributed by atoms with Crippen LogP contribution in [-0.4, -0.2) is 41.4 Å². The van der Waals surface area contributed by atoms with Gasteiger partial charge in [0, 0.05) is 24.3 Å². The summed E-state index contributed by atoms with van der Waals surface area (Å²) in [5.74, 6) is -1.14. The van der Waals surface area contributed by atoms with Crippen molar-refractivity contribution in [2.75, 3.05) is 22.9 Å². The molecule has 0 spiro atoms. The number of nitrogens with zero attached hydrogens (tertiary/aromatic N) is 3. The molecular formula is C27H21Cl2F2N5O4S. The first-order valence-corrected chi connectivity index (χ1v) is 14.5. The number of rotatable bonds is 10. The van der Waals surface area contributed by atoms with Crippen molar-refractivity contribution in [2.45, 2.75) is 12.8 Å². The molecule has 9 nitrogen and oxygen atoms in total. The van der Waals surface area contributed by atoms with E-state index in [9.17, 15) is 22.0 Å². The van der Waals surface area contributed by atoms with Gasteiger partial charge in [0.2, 0.25) is 15.9 Å². The summed E-state index contributed by atoms with van der Waals surface area (Å²) in [5, 5.41) is 4.78. The third kappa shape index (κ3) is 6.04. The van der Waals surface area contributed by atoms with Crippen molar-refractivity contribution < 1.29 is 26.7 Å². The van der Waals surface area contributed by atoms with E-state index in [1.54, 1.807) is 24.3 Å². The van der Waals surface area contributed by atoms with Gasteiger partial charge in [0.1, 0.15) is 22.4 Å². The van der Waals surface area contributed by atoms with E-state index in [-0.39, 0.29) is 40.8 Å². The Morgan fingerprint density at radius 1 is 1.17 bits per heavy atom. The Hall–Kier alpha value is -4.00. The zero-order valence-corrected chi connectivity index (χ0v) is 23.4. The summed E-state index contributed by atoms with van der Waals surface area (Å²) < 4.78 is 60.4. The molecule has 5 rings (SSSR count). The minimum atomic E-state index is -3.93. The van der Waals surface area contributed by atoms with Crippen LogP contribution in [0.25, 0.3) is 11.8 Å². The lowest BCUT2D eigenvalue weighted by molar-refractivity contribution is 0.103. The molecular weight excluding hydrogens is 599 g/mol. The number of ketones is 1. The number of anilines is 2. The van der Waals surface area contributed by atoms with Crippen molar-refractivity contribution >= 4 is 56.6 Å². The van der Waals surface area contributed by atoms with Crippen molar-refractivity contribution in [3.05, 3.63) is 93.0 Å². The molecule has 0 radical (unpaired) electrons. The van der Waals surface area contributed by atoms with Crippen LogP contribution in [0, 0.1) is 5.82 Å². The predicted molar refractivity (Wildman–Crippen MR) is 153 cm³/mol. The fraction of sp³-hybridized carbons (Fsp3) is 0.148. The Bertz CT molecular complexity index is 1810. The van der Waals surface area contributed by atoms with E-state index in [2.05, 4.69) is 14.8 Å². The molecule has 2 aromatic carbocycles. The maximum atomic E-state index is 14.6. The van der Waals surface area contributed by atoms with Crippen molar-refractivity contribution in [1.82, 2.24) is 14.8 Å². The summed E-state index contributed by atoms with van der Waals surface area (Å²) in [6.07, 6.45) is 4.26. The van der Waals surface area contributed by atoms with Crippen LogP contribution >= 0.6 is 23.2 Å². The number of hydrogen-bond donors (Lipinski definition) is 2. The van der Waals surface area contributed by atoms with E-state index >= 15 is 0 Å². The minimum absolute atomic E-state index is 0.0303. The van der Waals surface area contributed by atoms with Crippen LogP contribution < -0.4 is 15.2 Å². The number of hydrogen-bond acceptors (Lipinski definition) is 7. The molecule has 0 fully saturated rings. The molecule has 0 atom stereocenters. The number of ether oxygens (including phenoxy) is 1. The molecule has 41 heavy (non-hydrogen) atoms. The van der Waals surface area contributed by atoms with Crippen molar-refractivity contribution in [1.29, 1.82) is 0 Å². The van der Waals surface area contributed by atoms with E-state index in [0.717, 1.165) is 6.07 Å². The van der Waals surface area contributed by atoms with Gasteiger partial charge in [-0.15, -0.1) is 0 Å². The van der Waals surface area contributed by atoms with Crippen molar-refractivity contribution in [2.24, 2.45) is 0 Å². The first-order valence-electron chi connectivity index (χ1n) is 12.1. The number of nitrogens with one attached hydrogen (secondary N) is 1. The van der Waals surface area contributed by atoms with Crippen molar-refractivity contribution in [3.63, 3.8) is 0 Å². The molecule has 212 valence electrons. The van der Waals surface area contributed by atoms with Gasteiger partial charge in [-0.25, -0.2) is 22.5 Å². The van der Waals surface area contributed by atoms with E-state index in [1.807, 2.05) is 0 Å². The second-order valence-electron chi connectivity index (χ2n) is 9.03. The average Bonchev–Trinajstić information content (AvgIpc) is 3.51. The summed E-state index contributed by atoms with van der Waals surface area (Å²) in [6, 6.07) is 10.5. The number of allylic oxidation sites excluding steroid dienone is 1. The van der Waals surface area contributed by atoms with Crippen LogP contribution in [0.1, 0.15) is 27.9 Å². The highest BCUT2D eigenvalue weighted by Crippen LogP contribution is 2.35. The number of alkyl halides is 1. The number of carbonyl (C=O) groups excluding carboxylic acids is 1. The SMILES string of the molecule is Nc1c(C(=O)C2=Cc3cc(F)c(NS(=O)(=O)CCCF)cc3C2)cnn1-c1ccc(Oc2ncccc2Cl)cc1Cl. The molecule has 0 saturated heterocycles. The van der Waals surface area contributed by atoms with E-state index in [4.69, 9.17) is 33.7 Å². The molecule has 0 bridgehead atoms. The molecule has 14 heteroatoms. The van der Waals surface area contributed by atoms with Gasteiger partial charge in [0.25, 0.3) is 0 Å². The van der Waals surface area contributed by atoms with Crippen LogP contribution in [0.4, 0.5) is 20.3 Å². The standard InChI is InChI=1S/C27H21Cl2F2N5O4S/c28-20-3-1-7-33-27(20)40-18-4-5-24(21(29)13-18)36-26(32)19(14-34-36)25(37)17-9-15-11-22(31)23(12-16(15)10-17)35-41(38,39)8-2-6-30/h1,3-5,7,9,11-14,35H,2,6,8,10,32H2. The molecule has 3 N–H and O–H groups in total. The molecule has 2 aromatic heterocycles. The lowest BCUT2D eigenvalue weighted by atomic mass is 10.0. The number of halogens is 4.